The molecule has 0 aromatic rings. The first-order valence-electron chi connectivity index (χ1n) is 23.4. The van der Waals surface area contributed by atoms with Crippen molar-refractivity contribution in [2.45, 2.75) is 191 Å². The average Bonchev–Trinajstić information content (AvgIpc) is 3.26. The van der Waals surface area contributed by atoms with Crippen LogP contribution >= 0.6 is 15.6 Å². The Balaban J connectivity index is 2.68. The molecule has 0 radical (unpaired) electrons. The Morgan fingerprint density at radius 1 is 0.530 bits per heavy atom. The van der Waals surface area contributed by atoms with Gasteiger partial charge in [0.05, 0.1) is 6.61 Å². The molecule has 17 nitrogen and oxygen atoms in total. The van der Waals surface area contributed by atoms with Crippen LogP contribution in [0.5, 0.6) is 0 Å². The Labute approximate surface area is 391 Å². The normalized spacial score (nSPS) is 22.1. The maximum Gasteiger partial charge on any atom is 0.472 e. The van der Waals surface area contributed by atoms with E-state index >= 15 is 0 Å². The number of aliphatic hydroxyl groups excluding tert-OH is 4. The number of aliphatic hydroxyl groups is 4. The fourth-order valence-corrected chi connectivity index (χ4v) is 8.07. The summed E-state index contributed by atoms with van der Waals surface area (Å²) in [4.78, 5) is 66.0. The van der Waals surface area contributed by atoms with Crippen molar-refractivity contribution in [1.29, 1.82) is 0 Å². The third kappa shape index (κ3) is 31.2. The fourth-order valence-electron chi connectivity index (χ4n) is 6.53. The minimum absolute atomic E-state index is 0.0646. The summed E-state index contributed by atoms with van der Waals surface area (Å²) in [6.45, 7) is 2.85. The van der Waals surface area contributed by atoms with Crippen LogP contribution in [0.4, 0.5) is 0 Å². The number of allylic oxidation sites excluding steroid dienone is 12. The highest BCUT2D eigenvalue weighted by Crippen LogP contribution is 2.49. The second-order valence-electron chi connectivity index (χ2n) is 16.2. The summed E-state index contributed by atoms with van der Waals surface area (Å²) in [6.07, 6.45) is 25.6. The third-order valence-electron chi connectivity index (χ3n) is 10.2. The molecule has 0 saturated heterocycles. The molecule has 378 valence electrons. The van der Waals surface area contributed by atoms with Crippen molar-refractivity contribution in [2.24, 2.45) is 0 Å². The Bertz CT molecular complexity index is 1620. The van der Waals surface area contributed by atoms with Crippen molar-refractivity contribution in [3.8, 4) is 0 Å². The lowest BCUT2D eigenvalue weighted by atomic mass is 9.85. The molecule has 1 aliphatic rings. The minimum atomic E-state index is -5.38. The molecular weight excluding hydrogens is 898 g/mol. The van der Waals surface area contributed by atoms with Gasteiger partial charge in [-0.2, -0.15) is 0 Å². The van der Waals surface area contributed by atoms with Crippen molar-refractivity contribution in [3.63, 3.8) is 0 Å². The lowest BCUT2D eigenvalue weighted by Gasteiger charge is -2.43. The Kier molecular flexibility index (Phi) is 34.3. The van der Waals surface area contributed by atoms with E-state index in [2.05, 4.69) is 42.7 Å². The molecule has 5 unspecified atom stereocenters. The second kappa shape index (κ2) is 37.1. The van der Waals surface area contributed by atoms with E-state index in [9.17, 15) is 48.8 Å². The highest BCUT2D eigenvalue weighted by atomic mass is 31.2. The van der Waals surface area contributed by atoms with Crippen molar-refractivity contribution in [1.82, 2.24) is 0 Å². The molecule has 1 aliphatic carbocycles. The number of unbranched alkanes of at least 4 members (excludes halogenated alkanes) is 11. The van der Waals surface area contributed by atoms with Crippen LogP contribution in [0.2, 0.25) is 0 Å². The first kappa shape index (κ1) is 61.1. The van der Waals surface area contributed by atoms with Gasteiger partial charge in [-0.3, -0.25) is 28.0 Å². The second-order valence-corrected chi connectivity index (χ2v) is 18.7. The van der Waals surface area contributed by atoms with E-state index in [4.69, 9.17) is 28.3 Å². The molecule has 66 heavy (non-hydrogen) atoms. The molecule has 1 fully saturated rings. The number of rotatable bonds is 38. The molecule has 0 amide bonds. The molecule has 19 heteroatoms. The van der Waals surface area contributed by atoms with Crippen molar-refractivity contribution < 1.29 is 81.7 Å². The summed E-state index contributed by atoms with van der Waals surface area (Å²) in [5, 5.41) is 41.2. The number of carbonyl (C=O) groups excluding carboxylic acids is 3. The molecule has 0 heterocycles. The van der Waals surface area contributed by atoms with Crippen LogP contribution in [-0.2, 0) is 46.6 Å². The summed E-state index contributed by atoms with van der Waals surface area (Å²) in [5.74, 6) is -1.21. The summed E-state index contributed by atoms with van der Waals surface area (Å²) in [5.41, 5.74) is 0. The van der Waals surface area contributed by atoms with E-state index < -0.39 is 83.5 Å². The zero-order valence-electron chi connectivity index (χ0n) is 38.8. The summed E-state index contributed by atoms with van der Waals surface area (Å²) in [7, 11) is -10.7. The molecule has 0 aliphatic heterocycles. The summed E-state index contributed by atoms with van der Waals surface area (Å²) < 4.78 is 49.2. The van der Waals surface area contributed by atoms with Crippen molar-refractivity contribution >= 4 is 33.4 Å². The number of ether oxygens (including phenoxy) is 2. The van der Waals surface area contributed by atoms with Gasteiger partial charge in [-0.15, -0.1) is 0 Å². The number of ketones is 1. The minimum Gasteiger partial charge on any atom is -0.462 e. The molecular formula is C47H78O17P2. The summed E-state index contributed by atoms with van der Waals surface area (Å²) in [6, 6.07) is 0. The molecule has 7 N–H and O–H groups in total. The van der Waals surface area contributed by atoms with E-state index in [1.54, 1.807) is 12.2 Å². The standard InChI is InChI=1S/C47H78O17P2/c1-3-5-7-8-9-10-11-12-13-14-17-20-23-26-30-34-40(49)60-36-39(37-61-66(58,59)64-47-44(53)42(51)43(52)46(45(47)54)63-65(55,56)57)62-41(50)35-31-27-24-21-18-15-16-19-22-25-29-33-38(48)32-28-6-4-2/h9-10,12-13,15-16,21-22,24-25,29,33,39,42-47,51-54H,3-8,11,14,17-20,23,26-28,30-32,34-37H2,1-2H3,(H,58,59)(H2,55,56,57)/b10-9-,13-12-,16-15-,24-21-,25-22-,33-29+/t39-,42?,43?,44?,45?,46-,47+/m1/s1. The van der Waals surface area contributed by atoms with Gasteiger partial charge in [0.25, 0.3) is 0 Å². The molecule has 0 spiro atoms. The largest absolute Gasteiger partial charge is 0.472 e. The smallest absolute Gasteiger partial charge is 0.462 e. The van der Waals surface area contributed by atoms with Crippen molar-refractivity contribution in [3.05, 3.63) is 72.9 Å². The lowest BCUT2D eigenvalue weighted by molar-refractivity contribution is -0.216. The topological polar surface area (TPSA) is 273 Å². The number of carbonyl (C=O) groups is 3. The van der Waals surface area contributed by atoms with Gasteiger partial charge < -0.3 is 44.6 Å². The molecule has 8 atom stereocenters. The number of phosphoric ester groups is 2. The number of esters is 2. The zero-order chi connectivity index (χ0) is 49.1. The van der Waals surface area contributed by atoms with Gasteiger partial charge in [0.2, 0.25) is 0 Å². The van der Waals surface area contributed by atoms with Gasteiger partial charge in [0.1, 0.15) is 43.2 Å². The fraction of sp³-hybridized carbons (Fsp3) is 0.681. The highest BCUT2D eigenvalue weighted by Gasteiger charge is 2.54. The SMILES string of the molecule is CCCCC/C=C\C/C=C\CCCCCCCC(=O)OC[C@H](COP(=O)(O)O[C@H]1C(O)C(O)C(O)[C@@H](OP(=O)(O)O)C1O)OC(=O)CCC/C=C\C/C=C\C/C=C\C=C\C(=O)CCCCC. The molecule has 0 aromatic heterocycles. The van der Waals surface area contributed by atoms with E-state index in [1.165, 1.54) is 19.3 Å². The molecule has 0 aromatic carbocycles. The van der Waals surface area contributed by atoms with Gasteiger partial charge in [0.15, 0.2) is 11.9 Å². The van der Waals surface area contributed by atoms with E-state index in [-0.39, 0.29) is 18.6 Å². The Morgan fingerprint density at radius 3 is 1.65 bits per heavy atom. The quantitative estimate of drug-likeness (QED) is 0.00770. The van der Waals surface area contributed by atoms with Gasteiger partial charge in [-0.05, 0) is 76.7 Å². The zero-order valence-corrected chi connectivity index (χ0v) is 40.6. The van der Waals surface area contributed by atoms with Crippen molar-refractivity contribution in [2.75, 3.05) is 13.2 Å². The van der Waals surface area contributed by atoms with Gasteiger partial charge in [-0.1, -0.05) is 126 Å². The Hall–Kier alpha value is -2.89. The third-order valence-corrected chi connectivity index (χ3v) is 11.7. The summed E-state index contributed by atoms with van der Waals surface area (Å²) >= 11 is 0. The maximum atomic E-state index is 13.0. The lowest BCUT2D eigenvalue weighted by Crippen LogP contribution is -2.64. The Morgan fingerprint density at radius 2 is 1.03 bits per heavy atom. The number of hydrogen-bond acceptors (Lipinski definition) is 14. The molecule has 1 rings (SSSR count). The van der Waals surface area contributed by atoms with Crippen LogP contribution < -0.4 is 0 Å². The van der Waals surface area contributed by atoms with Crippen LogP contribution in [-0.4, -0.2) is 109 Å². The van der Waals surface area contributed by atoms with Gasteiger partial charge in [-0.25, -0.2) is 9.13 Å². The van der Waals surface area contributed by atoms with Gasteiger partial charge >= 0.3 is 27.6 Å². The van der Waals surface area contributed by atoms with E-state index in [0.29, 0.717) is 38.5 Å². The van der Waals surface area contributed by atoms with Crippen LogP contribution in [0, 0.1) is 0 Å². The molecule has 0 bridgehead atoms. The van der Waals surface area contributed by atoms with E-state index in [1.807, 2.05) is 36.5 Å². The van der Waals surface area contributed by atoms with E-state index in [0.717, 1.165) is 64.2 Å². The monoisotopic (exact) mass is 976 g/mol. The number of phosphoric acid groups is 2. The van der Waals surface area contributed by atoms with Crippen LogP contribution in [0.3, 0.4) is 0 Å². The predicted molar refractivity (Wildman–Crippen MR) is 251 cm³/mol. The first-order valence-corrected chi connectivity index (χ1v) is 26.5. The van der Waals surface area contributed by atoms with Gasteiger partial charge in [0, 0.05) is 19.3 Å². The molecule has 1 saturated carbocycles. The average molecular weight is 977 g/mol. The maximum absolute atomic E-state index is 13.0. The van der Waals surface area contributed by atoms with Crippen LogP contribution in [0.15, 0.2) is 72.9 Å². The highest BCUT2D eigenvalue weighted by molar-refractivity contribution is 7.47. The predicted octanol–water partition coefficient (Wildman–Crippen LogP) is 8.02. The van der Waals surface area contributed by atoms with Crippen LogP contribution in [0.25, 0.3) is 0 Å². The first-order chi connectivity index (χ1) is 31.5. The van der Waals surface area contributed by atoms with Crippen LogP contribution in [0.1, 0.15) is 149 Å². The number of hydrogen-bond donors (Lipinski definition) is 7.